The zero-order valence-electron chi connectivity index (χ0n) is 28.5. The van der Waals surface area contributed by atoms with Crippen molar-refractivity contribution in [3.8, 4) is 22.8 Å². The number of thiazole rings is 1. The van der Waals surface area contributed by atoms with Crippen molar-refractivity contribution in [3.63, 3.8) is 0 Å². The van der Waals surface area contributed by atoms with Crippen molar-refractivity contribution in [2.45, 2.75) is 83.1 Å². The third kappa shape index (κ3) is 9.51. The summed E-state index contributed by atoms with van der Waals surface area (Å²) in [6.45, 7) is 7.56. The quantitative estimate of drug-likeness (QED) is 0.148. The van der Waals surface area contributed by atoms with Crippen LogP contribution in [0.4, 0.5) is 4.39 Å². The molecular weight excluding hydrogens is 656 g/mol. The van der Waals surface area contributed by atoms with Gasteiger partial charge in [0, 0.05) is 42.6 Å². The van der Waals surface area contributed by atoms with E-state index in [4.69, 9.17) is 4.74 Å². The van der Waals surface area contributed by atoms with Gasteiger partial charge in [0.2, 0.25) is 5.88 Å². The van der Waals surface area contributed by atoms with Crippen molar-refractivity contribution >= 4 is 23.2 Å². The van der Waals surface area contributed by atoms with Crippen molar-refractivity contribution in [2.24, 2.45) is 0 Å². The summed E-state index contributed by atoms with van der Waals surface area (Å²) in [5.41, 5.74) is 3.79. The molecule has 50 heavy (non-hydrogen) atoms. The average molecular weight is 701 g/mol. The number of piperazine rings is 1. The number of hydrogen-bond acceptors (Lipinski definition) is 9. The van der Waals surface area contributed by atoms with Gasteiger partial charge in [-0.15, -0.1) is 11.3 Å². The van der Waals surface area contributed by atoms with Crippen molar-refractivity contribution in [1.82, 2.24) is 30.8 Å². The number of aliphatic hydroxyl groups excluding tert-OH is 1. The van der Waals surface area contributed by atoms with E-state index in [-0.39, 0.29) is 36.0 Å². The van der Waals surface area contributed by atoms with Gasteiger partial charge < -0.3 is 30.7 Å². The molecule has 10 nitrogen and oxygen atoms in total. The highest BCUT2D eigenvalue weighted by molar-refractivity contribution is 7.11. The van der Waals surface area contributed by atoms with Crippen LogP contribution in [0.25, 0.3) is 11.1 Å². The Balaban J connectivity index is 1.02. The third-order valence-electron chi connectivity index (χ3n) is 9.28. The first kappa shape index (κ1) is 35.6. The van der Waals surface area contributed by atoms with Crippen LogP contribution < -0.4 is 20.7 Å². The van der Waals surface area contributed by atoms with E-state index in [0.717, 1.165) is 55.9 Å². The molecule has 0 spiro atoms. The lowest BCUT2D eigenvalue weighted by Gasteiger charge is -2.36. The van der Waals surface area contributed by atoms with Crippen LogP contribution in [0.1, 0.15) is 77.4 Å². The van der Waals surface area contributed by atoms with Crippen LogP contribution >= 0.6 is 11.3 Å². The minimum atomic E-state index is -0.633. The van der Waals surface area contributed by atoms with Crippen LogP contribution in [-0.4, -0.2) is 75.6 Å². The van der Waals surface area contributed by atoms with Crippen LogP contribution in [0.2, 0.25) is 0 Å². The summed E-state index contributed by atoms with van der Waals surface area (Å²) >= 11 is 1.20. The first-order chi connectivity index (χ1) is 24.2. The predicted molar refractivity (Wildman–Crippen MR) is 192 cm³/mol. The highest BCUT2D eigenvalue weighted by Gasteiger charge is 2.27. The lowest BCUT2D eigenvalue weighted by Crippen LogP contribution is -2.54. The van der Waals surface area contributed by atoms with Gasteiger partial charge in [-0.05, 0) is 93.8 Å². The summed E-state index contributed by atoms with van der Waals surface area (Å²) in [5, 5.41) is 20.8. The van der Waals surface area contributed by atoms with Crippen molar-refractivity contribution in [2.75, 3.05) is 19.6 Å². The van der Waals surface area contributed by atoms with Crippen molar-refractivity contribution < 1.29 is 23.8 Å². The highest BCUT2D eigenvalue weighted by Crippen LogP contribution is 2.29. The van der Waals surface area contributed by atoms with Gasteiger partial charge in [0.25, 0.3) is 11.8 Å². The summed E-state index contributed by atoms with van der Waals surface area (Å²) in [6.07, 6.45) is 5.80. The standard InChI is InChI=1S/C38H45FN6O4S/c1-24-20-45(21-25(2)41-24)16-4-5-26-8-10-27(11-9-26)28-6-3-7-33(17-28)49-37-34(18-29(39)19-40-37)35(47)42-30-12-14-31(15-13-30)43-36(48)38-44-32(22-46)23-50-38/h3,6-11,17-19,23-25,30-31,41,46H,4-5,12-16,20-22H2,1-2H3,(H,42,47)(H,43,48)/t24-,25+,30-,31-. The van der Waals surface area contributed by atoms with Crippen LogP contribution in [0.5, 0.6) is 11.6 Å². The van der Waals surface area contributed by atoms with Gasteiger partial charge in [-0.1, -0.05) is 36.4 Å². The average Bonchev–Trinajstić information content (AvgIpc) is 3.60. The molecule has 4 N–H and O–H groups in total. The smallest absolute Gasteiger partial charge is 0.280 e. The lowest BCUT2D eigenvalue weighted by atomic mass is 9.91. The molecule has 2 atom stereocenters. The fourth-order valence-electron chi connectivity index (χ4n) is 6.89. The second-order valence-corrected chi connectivity index (χ2v) is 14.3. The van der Waals surface area contributed by atoms with Crippen LogP contribution in [0.15, 0.2) is 66.2 Å². The molecule has 12 heteroatoms. The fraction of sp³-hybridized carbons (Fsp3) is 0.421. The molecule has 2 aromatic heterocycles. The molecule has 1 saturated heterocycles. The molecule has 0 radical (unpaired) electrons. The normalized spacial score (nSPS) is 21.0. The van der Waals surface area contributed by atoms with Crippen LogP contribution in [-0.2, 0) is 13.0 Å². The Morgan fingerprint density at radius 2 is 1.68 bits per heavy atom. The number of carbonyl (C=O) groups is 2. The van der Waals surface area contributed by atoms with Crippen molar-refractivity contribution in [3.05, 3.63) is 93.8 Å². The molecule has 0 unspecified atom stereocenters. The maximum Gasteiger partial charge on any atom is 0.280 e. The van der Waals surface area contributed by atoms with E-state index in [1.165, 1.54) is 16.9 Å². The Bertz CT molecular complexity index is 1750. The Morgan fingerprint density at radius 3 is 2.36 bits per heavy atom. The highest BCUT2D eigenvalue weighted by atomic mass is 32.1. The summed E-state index contributed by atoms with van der Waals surface area (Å²) in [6, 6.07) is 18.1. The molecular formula is C38H45FN6O4S. The molecule has 2 amide bonds. The lowest BCUT2D eigenvalue weighted by molar-refractivity contribution is 0.0889. The SMILES string of the molecule is C[C@@H]1CN(CCCc2ccc(-c3cccc(Oc4ncc(F)cc4C(=O)N[C@H]4CC[C@H](NC(=O)c5nc(CO)cs5)CC4)c3)cc2)C[C@H](C)N1. The molecule has 0 bridgehead atoms. The molecule has 2 fully saturated rings. The van der Waals surface area contributed by atoms with Crippen LogP contribution in [0.3, 0.4) is 0 Å². The van der Waals surface area contributed by atoms with Gasteiger partial charge in [-0.3, -0.25) is 9.59 Å². The number of nitrogens with one attached hydrogen (secondary N) is 3. The predicted octanol–water partition coefficient (Wildman–Crippen LogP) is 5.71. The Morgan fingerprint density at radius 1 is 0.980 bits per heavy atom. The van der Waals surface area contributed by atoms with Gasteiger partial charge in [-0.2, -0.15) is 0 Å². The maximum atomic E-state index is 14.3. The maximum absolute atomic E-state index is 14.3. The number of aliphatic hydroxyl groups is 1. The number of pyridine rings is 1. The molecule has 3 heterocycles. The van der Waals surface area contributed by atoms with E-state index in [9.17, 15) is 19.1 Å². The number of rotatable bonds is 12. The van der Waals surface area contributed by atoms with Gasteiger partial charge in [-0.25, -0.2) is 14.4 Å². The summed E-state index contributed by atoms with van der Waals surface area (Å²) in [7, 11) is 0. The van der Waals surface area contributed by atoms with Gasteiger partial charge in [0.15, 0.2) is 5.01 Å². The number of carbonyl (C=O) groups excluding carboxylic acids is 2. The number of hydrogen-bond donors (Lipinski definition) is 4. The zero-order valence-corrected chi connectivity index (χ0v) is 29.3. The minimum absolute atomic E-state index is 0.0170. The van der Waals surface area contributed by atoms with Crippen molar-refractivity contribution in [1.29, 1.82) is 0 Å². The molecule has 6 rings (SSSR count). The fourth-order valence-corrected chi connectivity index (χ4v) is 7.60. The van der Waals surface area contributed by atoms with E-state index in [0.29, 0.717) is 54.2 Å². The first-order valence-electron chi connectivity index (χ1n) is 17.4. The number of nitrogens with zero attached hydrogens (tertiary/aromatic N) is 3. The molecule has 264 valence electrons. The first-order valence-corrected chi connectivity index (χ1v) is 18.3. The van der Waals surface area contributed by atoms with Gasteiger partial charge in [0.1, 0.15) is 17.1 Å². The van der Waals surface area contributed by atoms with E-state index >= 15 is 0 Å². The summed E-state index contributed by atoms with van der Waals surface area (Å²) in [5.74, 6) is -0.854. The Labute approximate surface area is 296 Å². The molecule has 1 aliphatic carbocycles. The largest absolute Gasteiger partial charge is 0.438 e. The number of halogens is 1. The summed E-state index contributed by atoms with van der Waals surface area (Å²) in [4.78, 5) is 36.7. The number of ether oxygens (including phenoxy) is 1. The number of amides is 2. The Kier molecular flexibility index (Phi) is 11.9. The van der Waals surface area contributed by atoms with Gasteiger partial charge in [0.05, 0.1) is 18.5 Å². The van der Waals surface area contributed by atoms with E-state index < -0.39 is 11.7 Å². The monoisotopic (exact) mass is 700 g/mol. The van der Waals surface area contributed by atoms with Crippen LogP contribution in [0, 0.1) is 5.82 Å². The number of benzene rings is 2. The van der Waals surface area contributed by atoms with E-state index in [2.05, 4.69) is 68.9 Å². The molecule has 4 aromatic rings. The molecule has 2 aromatic carbocycles. The van der Waals surface area contributed by atoms with E-state index in [1.54, 1.807) is 11.4 Å². The molecule has 1 aliphatic heterocycles. The molecule has 2 aliphatic rings. The summed E-state index contributed by atoms with van der Waals surface area (Å²) < 4.78 is 20.4. The minimum Gasteiger partial charge on any atom is -0.438 e. The number of aryl methyl sites for hydroxylation is 1. The second-order valence-electron chi connectivity index (χ2n) is 13.5. The zero-order chi connectivity index (χ0) is 35.0. The second kappa shape index (κ2) is 16.7. The van der Waals surface area contributed by atoms with E-state index in [1.807, 2.05) is 18.2 Å². The Hall–Kier alpha value is -4.23. The topological polar surface area (TPSA) is 129 Å². The van der Waals surface area contributed by atoms with Gasteiger partial charge >= 0.3 is 0 Å². The third-order valence-corrected chi connectivity index (χ3v) is 10.2. The molecule has 1 saturated carbocycles. The number of aromatic nitrogens is 2.